The minimum absolute atomic E-state index is 0. The third kappa shape index (κ3) is 18.7. The molecule has 0 rings (SSSR count). The second kappa shape index (κ2) is 17.9. The van der Waals surface area contributed by atoms with Gasteiger partial charge in [0.15, 0.2) is 0 Å². The number of unbranched alkanes of at least 4 members (excludes halogenated alkanes) is 1. The molecule has 0 unspecified atom stereocenters. The quantitative estimate of drug-likeness (QED) is 0.696. The van der Waals surface area contributed by atoms with E-state index in [0.717, 1.165) is 13.1 Å². The van der Waals surface area contributed by atoms with Gasteiger partial charge in [-0.25, -0.2) is 0 Å². The number of hydrogen-bond donors (Lipinski definition) is 1. The molecular weight excluding hydrogens is 160 g/mol. The Balaban J connectivity index is -0.000000135. The van der Waals surface area contributed by atoms with Crippen molar-refractivity contribution >= 4 is 0 Å². The zero-order valence-electron chi connectivity index (χ0n) is 7.48. The fourth-order valence-electron chi connectivity index (χ4n) is 0.842. The minimum Gasteiger partial charge on any atom is -0.318 e. The predicted molar refractivity (Wildman–Crippen MR) is 66.5 cm³/mol. The van der Waals surface area contributed by atoms with Gasteiger partial charge >= 0.3 is 0 Å². The molecule has 0 aliphatic carbocycles. The van der Waals surface area contributed by atoms with Crippen LogP contribution in [-0.2, 0) is 0 Å². The number of hydrogen-bond acceptors (Lipinski definition) is 2. The molecule has 0 radical (unpaired) electrons. The summed E-state index contributed by atoms with van der Waals surface area (Å²) >= 11 is 0. The third-order valence-electron chi connectivity index (χ3n) is 1.64. The minimum atomic E-state index is 0. The summed E-state index contributed by atoms with van der Waals surface area (Å²) in [5, 5.41) is 3.13. The lowest BCUT2D eigenvalue weighted by molar-refractivity contribution is 0.329. The average Bonchev–Trinajstić information content (AvgIpc) is 1.97. The monoisotopic (exact) mass is 192 g/mol. The Bertz CT molecular complexity index is 57.1. The molecule has 0 fully saturated rings. The van der Waals surface area contributed by atoms with Crippen molar-refractivity contribution in [2.24, 2.45) is 0 Å². The van der Waals surface area contributed by atoms with Crippen LogP contribution in [0.25, 0.3) is 0 Å². The maximum Gasteiger partial charge on any atom is 0.0104 e. The van der Waals surface area contributed by atoms with E-state index in [0.29, 0.717) is 0 Å². The lowest BCUT2D eigenvalue weighted by Gasteiger charge is -2.14. The summed E-state index contributed by atoms with van der Waals surface area (Å²) in [6.45, 7) is 5.72. The first-order chi connectivity index (χ1) is 4.81. The van der Waals surface area contributed by atoms with Gasteiger partial charge in [0.25, 0.3) is 0 Å². The van der Waals surface area contributed by atoms with Crippen LogP contribution in [0.2, 0.25) is 0 Å². The van der Waals surface area contributed by atoms with Crippen molar-refractivity contribution in [3.63, 3.8) is 0 Å². The van der Waals surface area contributed by atoms with E-state index in [2.05, 4.69) is 24.2 Å². The molecule has 0 amide bonds. The van der Waals surface area contributed by atoms with E-state index in [4.69, 9.17) is 0 Å². The van der Waals surface area contributed by atoms with Crippen molar-refractivity contribution in [3.05, 3.63) is 0 Å². The van der Waals surface area contributed by atoms with Gasteiger partial charge in [-0.1, -0.05) is 35.6 Å². The van der Waals surface area contributed by atoms with Crippen LogP contribution in [-0.4, -0.2) is 38.6 Å². The van der Waals surface area contributed by atoms with E-state index in [1.165, 1.54) is 19.4 Å². The van der Waals surface area contributed by atoms with Crippen LogP contribution in [0, 0.1) is 0 Å². The molecule has 86 valence electrons. The molecule has 0 bridgehead atoms. The first-order valence-electron chi connectivity index (χ1n) is 4.14. The van der Waals surface area contributed by atoms with E-state index in [-0.39, 0.29) is 22.3 Å². The maximum absolute atomic E-state index is 3.13. The molecule has 0 saturated carbocycles. The van der Waals surface area contributed by atoms with E-state index in [9.17, 15) is 0 Å². The highest BCUT2D eigenvalue weighted by molar-refractivity contribution is 4.51. The SMILES string of the molecule is C.C.C.CCCCN(C)CCNC. The van der Waals surface area contributed by atoms with E-state index in [1.54, 1.807) is 0 Å². The summed E-state index contributed by atoms with van der Waals surface area (Å²) in [7, 11) is 4.17. The number of rotatable bonds is 6. The fraction of sp³-hybridized carbons (Fsp3) is 1.00. The summed E-state index contributed by atoms with van der Waals surface area (Å²) in [4.78, 5) is 2.36. The van der Waals surface area contributed by atoms with Crippen LogP contribution in [0.5, 0.6) is 0 Å². The molecule has 0 heterocycles. The summed E-state index contributed by atoms with van der Waals surface area (Å²) < 4.78 is 0. The van der Waals surface area contributed by atoms with Gasteiger partial charge in [-0.05, 0) is 27.1 Å². The Morgan fingerprint density at radius 1 is 1.08 bits per heavy atom. The maximum atomic E-state index is 3.13. The standard InChI is InChI=1S/C8H20N2.3CH4/c1-4-5-7-10(3)8-6-9-2;;;/h9H,4-8H2,1-3H3;3*1H4. The molecule has 0 spiro atoms. The van der Waals surface area contributed by atoms with Gasteiger partial charge in [0.2, 0.25) is 0 Å². The third-order valence-corrected chi connectivity index (χ3v) is 1.64. The van der Waals surface area contributed by atoms with Crippen molar-refractivity contribution in [1.29, 1.82) is 0 Å². The highest BCUT2D eigenvalue weighted by Gasteiger charge is 1.93. The highest BCUT2D eigenvalue weighted by atomic mass is 15.1. The van der Waals surface area contributed by atoms with Crippen molar-refractivity contribution in [3.8, 4) is 0 Å². The number of likely N-dealkylation sites (N-methyl/N-ethyl adjacent to an activating group) is 2. The molecule has 0 aromatic heterocycles. The Morgan fingerprint density at radius 3 is 2.00 bits per heavy atom. The Kier molecular flexibility index (Phi) is 31.7. The number of nitrogens with one attached hydrogen (secondary N) is 1. The Labute approximate surface area is 86.7 Å². The molecule has 0 aromatic rings. The van der Waals surface area contributed by atoms with Gasteiger partial charge in [0.05, 0.1) is 0 Å². The van der Waals surface area contributed by atoms with Crippen molar-refractivity contribution in [2.75, 3.05) is 33.7 Å². The summed E-state index contributed by atoms with van der Waals surface area (Å²) in [5.41, 5.74) is 0. The molecule has 2 nitrogen and oxygen atoms in total. The number of nitrogens with zero attached hydrogens (tertiary/aromatic N) is 1. The lowest BCUT2D eigenvalue weighted by Crippen LogP contribution is -2.28. The van der Waals surface area contributed by atoms with E-state index >= 15 is 0 Å². The predicted octanol–water partition coefficient (Wildman–Crippen LogP) is 2.85. The van der Waals surface area contributed by atoms with Crippen molar-refractivity contribution < 1.29 is 0 Å². The summed E-state index contributed by atoms with van der Waals surface area (Å²) in [5.74, 6) is 0. The van der Waals surface area contributed by atoms with Gasteiger partial charge in [0.1, 0.15) is 0 Å². The first kappa shape index (κ1) is 23.1. The van der Waals surface area contributed by atoms with E-state index < -0.39 is 0 Å². The highest BCUT2D eigenvalue weighted by Crippen LogP contribution is 1.89. The zero-order chi connectivity index (χ0) is 7.82. The first-order valence-corrected chi connectivity index (χ1v) is 4.14. The van der Waals surface area contributed by atoms with Crippen LogP contribution < -0.4 is 5.32 Å². The topological polar surface area (TPSA) is 15.3 Å². The summed E-state index contributed by atoms with van der Waals surface area (Å²) in [6, 6.07) is 0. The van der Waals surface area contributed by atoms with Crippen LogP contribution in [0.1, 0.15) is 42.0 Å². The second-order valence-corrected chi connectivity index (χ2v) is 2.76. The Hall–Kier alpha value is -0.0800. The van der Waals surface area contributed by atoms with E-state index in [1.807, 2.05) is 7.05 Å². The second-order valence-electron chi connectivity index (χ2n) is 2.76. The summed E-state index contributed by atoms with van der Waals surface area (Å²) in [6.07, 6.45) is 2.62. The smallest absolute Gasteiger partial charge is 0.0104 e. The zero-order valence-corrected chi connectivity index (χ0v) is 7.48. The fourth-order valence-corrected chi connectivity index (χ4v) is 0.842. The van der Waals surface area contributed by atoms with Crippen LogP contribution in [0.3, 0.4) is 0 Å². The van der Waals surface area contributed by atoms with Gasteiger partial charge in [-0.2, -0.15) is 0 Å². The Morgan fingerprint density at radius 2 is 1.62 bits per heavy atom. The van der Waals surface area contributed by atoms with Crippen LogP contribution >= 0.6 is 0 Å². The normalized spacial score (nSPS) is 8.31. The van der Waals surface area contributed by atoms with Crippen LogP contribution in [0.4, 0.5) is 0 Å². The van der Waals surface area contributed by atoms with Gasteiger partial charge in [-0.15, -0.1) is 0 Å². The van der Waals surface area contributed by atoms with Gasteiger partial charge in [0, 0.05) is 13.1 Å². The molecular formula is C11H32N2. The van der Waals surface area contributed by atoms with Crippen molar-refractivity contribution in [1.82, 2.24) is 10.2 Å². The average molecular weight is 192 g/mol. The molecule has 0 atom stereocenters. The molecule has 0 saturated heterocycles. The van der Waals surface area contributed by atoms with Crippen LogP contribution in [0.15, 0.2) is 0 Å². The molecule has 13 heavy (non-hydrogen) atoms. The molecule has 0 aliphatic heterocycles. The molecule has 2 heteroatoms. The molecule has 1 N–H and O–H groups in total. The molecule has 0 aromatic carbocycles. The molecule has 0 aliphatic rings. The van der Waals surface area contributed by atoms with Gasteiger partial charge in [-0.3, -0.25) is 0 Å². The lowest BCUT2D eigenvalue weighted by atomic mass is 10.3. The van der Waals surface area contributed by atoms with Gasteiger partial charge < -0.3 is 10.2 Å². The largest absolute Gasteiger partial charge is 0.318 e. The van der Waals surface area contributed by atoms with Crippen molar-refractivity contribution in [2.45, 2.75) is 42.0 Å².